The van der Waals surface area contributed by atoms with Crippen LogP contribution in [0.3, 0.4) is 0 Å². The Labute approximate surface area is 53.6 Å². The van der Waals surface area contributed by atoms with Crippen LogP contribution in [0.1, 0.15) is 6.42 Å². The van der Waals surface area contributed by atoms with Crippen LogP contribution in [0.2, 0.25) is 0 Å². The molecule has 0 nitrogen and oxygen atoms in total. The molecule has 0 amide bonds. The molecule has 0 aromatic rings. The monoisotopic (exact) mass is 246 g/mol. The van der Waals surface area contributed by atoms with Crippen molar-refractivity contribution < 1.29 is 0 Å². The summed E-state index contributed by atoms with van der Waals surface area (Å²) in [4.78, 5) is 0.850. The zero-order valence-electron chi connectivity index (χ0n) is 2.62. The first-order valence-electron chi connectivity index (χ1n) is 1.59. The number of hydrogen-bond acceptors (Lipinski definition) is 0. The van der Waals surface area contributed by atoms with Gasteiger partial charge in [0.25, 0.3) is 0 Å². The van der Waals surface area contributed by atoms with Crippen LogP contribution in [0.4, 0.5) is 0 Å². The summed E-state index contributed by atoms with van der Waals surface area (Å²) in [5.74, 6) is 0. The molecule has 2 heteroatoms. The highest BCUT2D eigenvalue weighted by Gasteiger charge is 2.30. The van der Waals surface area contributed by atoms with Crippen molar-refractivity contribution in [1.29, 1.82) is 0 Å². The maximum Gasteiger partial charge on any atom is 0.0274 e. The molecule has 2 unspecified atom stereocenters. The average Bonchev–Trinajstić information content (AvgIpc) is 1.79. The van der Waals surface area contributed by atoms with Crippen molar-refractivity contribution in [3.8, 4) is 0 Å². The van der Waals surface area contributed by atoms with Gasteiger partial charge in [-0.3, -0.25) is 0 Å². The highest BCUT2D eigenvalue weighted by molar-refractivity contribution is 14.1. The third-order valence-electron chi connectivity index (χ3n) is 0.640. The minimum atomic E-state index is 0.850. The molecule has 1 saturated carbocycles. The molecule has 1 fully saturated rings. The maximum atomic E-state index is 3.44. The number of alkyl halides is 2. The standard InChI is InChI=1S/C3H4BrI/c4-2-1-3(2)5/h2-3H,1H2. The van der Waals surface area contributed by atoms with Crippen molar-refractivity contribution >= 4 is 38.5 Å². The van der Waals surface area contributed by atoms with Crippen LogP contribution >= 0.6 is 38.5 Å². The van der Waals surface area contributed by atoms with Gasteiger partial charge >= 0.3 is 0 Å². The first-order chi connectivity index (χ1) is 2.30. The fourth-order valence-electron chi connectivity index (χ4n) is 0.137. The molecule has 0 spiro atoms. The molecule has 1 aliphatic rings. The van der Waals surface area contributed by atoms with E-state index in [2.05, 4.69) is 38.5 Å². The second-order valence-electron chi connectivity index (χ2n) is 1.27. The van der Waals surface area contributed by atoms with Crippen LogP contribution < -0.4 is 0 Å². The summed E-state index contributed by atoms with van der Waals surface area (Å²) in [6.45, 7) is 0. The Morgan fingerprint density at radius 1 is 1.80 bits per heavy atom. The van der Waals surface area contributed by atoms with Crippen molar-refractivity contribution in [1.82, 2.24) is 0 Å². The second-order valence-corrected chi connectivity index (χ2v) is 4.04. The van der Waals surface area contributed by atoms with Crippen LogP contribution in [-0.4, -0.2) is 8.75 Å². The van der Waals surface area contributed by atoms with Gasteiger partial charge in [-0.2, -0.15) is 0 Å². The quantitative estimate of drug-likeness (QED) is 0.453. The Morgan fingerprint density at radius 3 is 2.00 bits per heavy atom. The minimum Gasteiger partial charge on any atom is -0.0879 e. The normalized spacial score (nSPS) is 49.2. The third kappa shape index (κ3) is 1.03. The van der Waals surface area contributed by atoms with Crippen molar-refractivity contribution in [2.45, 2.75) is 15.2 Å². The predicted molar refractivity (Wildman–Crippen MR) is 35.1 cm³/mol. The van der Waals surface area contributed by atoms with Crippen molar-refractivity contribution in [3.05, 3.63) is 0 Å². The predicted octanol–water partition coefficient (Wildman–Crippen LogP) is 1.96. The summed E-state index contributed by atoms with van der Waals surface area (Å²) in [6.07, 6.45) is 1.38. The number of halogens is 2. The molecule has 0 radical (unpaired) electrons. The lowest BCUT2D eigenvalue weighted by Gasteiger charge is -1.62. The molecular weight excluding hydrogens is 243 g/mol. The summed E-state index contributed by atoms with van der Waals surface area (Å²) >= 11 is 5.87. The summed E-state index contributed by atoms with van der Waals surface area (Å²) in [6, 6.07) is 0. The summed E-state index contributed by atoms with van der Waals surface area (Å²) in [5.41, 5.74) is 0. The first kappa shape index (κ1) is 4.37. The fraction of sp³-hybridized carbons (Fsp3) is 1.00. The van der Waals surface area contributed by atoms with E-state index in [9.17, 15) is 0 Å². The van der Waals surface area contributed by atoms with E-state index in [1.807, 2.05) is 0 Å². The largest absolute Gasteiger partial charge is 0.0879 e. The molecule has 1 rings (SSSR count). The summed E-state index contributed by atoms with van der Waals surface area (Å²) < 4.78 is 0.938. The van der Waals surface area contributed by atoms with Gasteiger partial charge < -0.3 is 0 Å². The highest BCUT2D eigenvalue weighted by Crippen LogP contribution is 2.37. The lowest BCUT2D eigenvalue weighted by molar-refractivity contribution is 1.54. The van der Waals surface area contributed by atoms with Crippen LogP contribution in [0.15, 0.2) is 0 Å². The van der Waals surface area contributed by atoms with E-state index in [4.69, 9.17) is 0 Å². The number of hydrogen-bond donors (Lipinski definition) is 0. The van der Waals surface area contributed by atoms with Gasteiger partial charge in [0.15, 0.2) is 0 Å². The molecule has 0 aromatic carbocycles. The van der Waals surface area contributed by atoms with Gasteiger partial charge in [0, 0.05) is 8.75 Å². The number of rotatable bonds is 0. The Balaban J connectivity index is 2.20. The molecule has 0 saturated heterocycles. The molecule has 0 aromatic heterocycles. The Kier molecular flexibility index (Phi) is 1.20. The van der Waals surface area contributed by atoms with Gasteiger partial charge in [-0.25, -0.2) is 0 Å². The molecule has 30 valence electrons. The summed E-state index contributed by atoms with van der Waals surface area (Å²) in [7, 11) is 0. The van der Waals surface area contributed by atoms with Crippen LogP contribution in [-0.2, 0) is 0 Å². The lowest BCUT2D eigenvalue weighted by atomic mass is 11.0. The SMILES string of the molecule is BrC1CC1I. The van der Waals surface area contributed by atoms with E-state index >= 15 is 0 Å². The maximum absolute atomic E-state index is 3.44. The van der Waals surface area contributed by atoms with Crippen LogP contribution in [0.5, 0.6) is 0 Å². The Morgan fingerprint density at radius 2 is 2.00 bits per heavy atom. The van der Waals surface area contributed by atoms with Crippen LogP contribution in [0.25, 0.3) is 0 Å². The molecule has 2 atom stereocenters. The van der Waals surface area contributed by atoms with Gasteiger partial charge in [-0.15, -0.1) is 0 Å². The molecule has 0 aliphatic heterocycles. The fourth-order valence-corrected chi connectivity index (χ4v) is 1.79. The van der Waals surface area contributed by atoms with E-state index in [-0.39, 0.29) is 0 Å². The molecule has 0 heterocycles. The van der Waals surface area contributed by atoms with Gasteiger partial charge in [0.1, 0.15) is 0 Å². The van der Waals surface area contributed by atoms with Crippen molar-refractivity contribution in [3.63, 3.8) is 0 Å². The van der Waals surface area contributed by atoms with E-state index in [1.54, 1.807) is 0 Å². The first-order valence-corrected chi connectivity index (χ1v) is 3.75. The van der Waals surface area contributed by atoms with E-state index in [0.29, 0.717) is 0 Å². The van der Waals surface area contributed by atoms with Gasteiger partial charge in [-0.1, -0.05) is 38.5 Å². The van der Waals surface area contributed by atoms with Crippen molar-refractivity contribution in [2.24, 2.45) is 0 Å². The lowest BCUT2D eigenvalue weighted by Crippen LogP contribution is -1.61. The topological polar surface area (TPSA) is 0 Å². The van der Waals surface area contributed by atoms with Gasteiger partial charge in [-0.05, 0) is 6.42 Å². The molecule has 0 bridgehead atoms. The molecular formula is C3H4BrI. The zero-order chi connectivity index (χ0) is 3.86. The van der Waals surface area contributed by atoms with Crippen LogP contribution in [0, 0.1) is 0 Å². The second kappa shape index (κ2) is 1.37. The minimum absolute atomic E-state index is 0.850. The third-order valence-corrected chi connectivity index (χ3v) is 4.02. The zero-order valence-corrected chi connectivity index (χ0v) is 6.36. The molecule has 0 N–H and O–H groups in total. The van der Waals surface area contributed by atoms with E-state index in [0.717, 1.165) is 8.75 Å². The van der Waals surface area contributed by atoms with Gasteiger partial charge in [0.05, 0.1) is 0 Å². The Hall–Kier alpha value is 1.21. The van der Waals surface area contributed by atoms with E-state index < -0.39 is 0 Å². The summed E-state index contributed by atoms with van der Waals surface area (Å²) in [5, 5.41) is 0. The van der Waals surface area contributed by atoms with Gasteiger partial charge in [0.2, 0.25) is 0 Å². The molecule has 1 aliphatic carbocycles. The Bertz CT molecular complexity index is 40.2. The average molecular weight is 247 g/mol. The van der Waals surface area contributed by atoms with E-state index in [1.165, 1.54) is 6.42 Å². The van der Waals surface area contributed by atoms with Crippen molar-refractivity contribution in [2.75, 3.05) is 0 Å². The smallest absolute Gasteiger partial charge is 0.0274 e. The molecule has 5 heavy (non-hydrogen) atoms. The highest BCUT2D eigenvalue weighted by atomic mass is 127.